The van der Waals surface area contributed by atoms with E-state index in [9.17, 15) is 4.79 Å². The number of carbonyl (C=O) groups is 1. The predicted molar refractivity (Wildman–Crippen MR) is 63.0 cm³/mol. The Morgan fingerprint density at radius 2 is 1.94 bits per heavy atom. The van der Waals surface area contributed by atoms with E-state index in [1.165, 1.54) is 6.20 Å². The number of carboxylic acid groups (broad SMARTS) is 1. The number of imidazole rings is 1. The Hall–Kier alpha value is -1.81. The number of benzene rings is 1. The number of H-pyrrole nitrogens is 1. The predicted octanol–water partition coefficient (Wildman–Crippen LogP) is 2.51. The summed E-state index contributed by atoms with van der Waals surface area (Å²) in [6.07, 6.45) is 1.32. The van der Waals surface area contributed by atoms with Crippen LogP contribution in [0.1, 0.15) is 16.1 Å². The van der Waals surface area contributed by atoms with Crippen LogP contribution in [-0.4, -0.2) is 21.0 Å². The van der Waals surface area contributed by atoms with Crippen molar-refractivity contribution in [2.75, 3.05) is 0 Å². The number of rotatable bonds is 2. The molecule has 0 amide bonds. The molecule has 0 atom stereocenters. The van der Waals surface area contributed by atoms with Crippen LogP contribution in [0.3, 0.4) is 0 Å². The molecular formula is C11H11ClN2O2. The molecule has 1 aromatic heterocycles. The quantitative estimate of drug-likeness (QED) is 0.845. The van der Waals surface area contributed by atoms with Crippen molar-refractivity contribution in [1.82, 2.24) is 9.97 Å². The van der Waals surface area contributed by atoms with Crippen LogP contribution in [0.4, 0.5) is 0 Å². The van der Waals surface area contributed by atoms with Crippen LogP contribution >= 0.6 is 12.4 Å². The van der Waals surface area contributed by atoms with Gasteiger partial charge in [0.15, 0.2) is 0 Å². The van der Waals surface area contributed by atoms with E-state index >= 15 is 0 Å². The number of aryl methyl sites for hydroxylation is 1. The fourth-order valence-corrected chi connectivity index (χ4v) is 1.29. The van der Waals surface area contributed by atoms with Crippen molar-refractivity contribution < 1.29 is 9.90 Å². The number of nitrogens with one attached hydrogen (secondary N) is 1. The van der Waals surface area contributed by atoms with Crippen molar-refractivity contribution >= 4 is 18.4 Å². The summed E-state index contributed by atoms with van der Waals surface area (Å²) in [6, 6.07) is 7.72. The maximum atomic E-state index is 10.6. The first-order chi connectivity index (χ1) is 7.16. The lowest BCUT2D eigenvalue weighted by Crippen LogP contribution is -1.95. The van der Waals surface area contributed by atoms with Gasteiger partial charge in [-0.05, 0) is 6.92 Å². The zero-order chi connectivity index (χ0) is 10.8. The molecule has 0 aliphatic rings. The molecular weight excluding hydrogens is 228 g/mol. The third-order valence-corrected chi connectivity index (χ3v) is 2.13. The molecule has 0 spiro atoms. The van der Waals surface area contributed by atoms with E-state index in [4.69, 9.17) is 5.11 Å². The van der Waals surface area contributed by atoms with Gasteiger partial charge in [-0.25, -0.2) is 9.78 Å². The van der Waals surface area contributed by atoms with Crippen molar-refractivity contribution in [2.45, 2.75) is 6.92 Å². The molecule has 0 saturated heterocycles. The van der Waals surface area contributed by atoms with Gasteiger partial charge in [0.2, 0.25) is 0 Å². The van der Waals surface area contributed by atoms with Crippen molar-refractivity contribution in [3.63, 3.8) is 0 Å². The Bertz CT molecular complexity index is 491. The number of aromatic amines is 1. The minimum atomic E-state index is -0.999. The van der Waals surface area contributed by atoms with E-state index in [0.717, 1.165) is 11.1 Å². The zero-order valence-corrected chi connectivity index (χ0v) is 9.41. The Kier molecular flexibility index (Phi) is 3.68. The Morgan fingerprint density at radius 1 is 1.31 bits per heavy atom. The first-order valence-corrected chi connectivity index (χ1v) is 4.52. The SMILES string of the molecule is Cc1ccc(-c2ncc(C(=O)O)[nH]2)cc1.Cl. The number of halogens is 1. The fraction of sp³-hybridized carbons (Fsp3) is 0.0909. The maximum Gasteiger partial charge on any atom is 0.353 e. The maximum absolute atomic E-state index is 10.6. The summed E-state index contributed by atoms with van der Waals surface area (Å²) in [5, 5.41) is 8.72. The summed E-state index contributed by atoms with van der Waals surface area (Å²) < 4.78 is 0. The van der Waals surface area contributed by atoms with Gasteiger partial charge in [0.1, 0.15) is 11.5 Å². The molecule has 1 aromatic carbocycles. The molecule has 0 bridgehead atoms. The van der Waals surface area contributed by atoms with Crippen LogP contribution < -0.4 is 0 Å². The monoisotopic (exact) mass is 238 g/mol. The first kappa shape index (κ1) is 12.3. The number of hydrogen-bond donors (Lipinski definition) is 2. The van der Waals surface area contributed by atoms with Crippen LogP contribution in [0, 0.1) is 6.92 Å². The number of carboxylic acids is 1. The normalized spacial score (nSPS) is 9.56. The van der Waals surface area contributed by atoms with Gasteiger partial charge in [0.25, 0.3) is 0 Å². The summed E-state index contributed by atoms with van der Waals surface area (Å²) in [4.78, 5) is 17.4. The molecule has 2 rings (SSSR count). The van der Waals surface area contributed by atoms with Crippen molar-refractivity contribution in [1.29, 1.82) is 0 Å². The third-order valence-electron chi connectivity index (χ3n) is 2.13. The van der Waals surface area contributed by atoms with Crippen molar-refractivity contribution in [3.05, 3.63) is 41.7 Å². The zero-order valence-electron chi connectivity index (χ0n) is 8.60. The average Bonchev–Trinajstić information content (AvgIpc) is 2.68. The summed E-state index contributed by atoms with van der Waals surface area (Å²) >= 11 is 0. The lowest BCUT2D eigenvalue weighted by atomic mass is 10.1. The average molecular weight is 239 g/mol. The van der Waals surface area contributed by atoms with E-state index in [1.807, 2.05) is 31.2 Å². The molecule has 0 aliphatic heterocycles. The molecule has 5 heteroatoms. The number of nitrogens with zero attached hydrogens (tertiary/aromatic N) is 1. The summed E-state index contributed by atoms with van der Waals surface area (Å²) in [6.45, 7) is 1.99. The van der Waals surface area contributed by atoms with Gasteiger partial charge in [-0.2, -0.15) is 0 Å². The van der Waals surface area contributed by atoms with E-state index < -0.39 is 5.97 Å². The summed E-state index contributed by atoms with van der Waals surface area (Å²) in [5.74, 6) is -0.423. The standard InChI is InChI=1S/C11H10N2O2.ClH/c1-7-2-4-8(5-3-7)10-12-6-9(13-10)11(14)15;/h2-6H,1H3,(H,12,13)(H,14,15);1H. The second-order valence-corrected chi connectivity index (χ2v) is 3.32. The first-order valence-electron chi connectivity index (χ1n) is 4.52. The third kappa shape index (κ3) is 2.41. The van der Waals surface area contributed by atoms with Gasteiger partial charge in [0, 0.05) is 5.56 Å². The molecule has 84 valence electrons. The minimum Gasteiger partial charge on any atom is -0.477 e. The molecule has 0 radical (unpaired) electrons. The van der Waals surface area contributed by atoms with Crippen molar-refractivity contribution in [2.24, 2.45) is 0 Å². The number of aromatic carboxylic acids is 1. The highest BCUT2D eigenvalue weighted by Crippen LogP contribution is 2.15. The molecule has 4 nitrogen and oxygen atoms in total. The molecule has 2 aromatic rings. The number of hydrogen-bond acceptors (Lipinski definition) is 2. The Morgan fingerprint density at radius 3 is 2.44 bits per heavy atom. The summed E-state index contributed by atoms with van der Waals surface area (Å²) in [5.41, 5.74) is 2.14. The Balaban J connectivity index is 0.00000128. The lowest BCUT2D eigenvalue weighted by molar-refractivity contribution is 0.0691. The summed E-state index contributed by atoms with van der Waals surface area (Å²) in [7, 11) is 0. The second-order valence-electron chi connectivity index (χ2n) is 3.32. The van der Waals surface area contributed by atoms with Crippen LogP contribution in [0.25, 0.3) is 11.4 Å². The molecule has 0 saturated carbocycles. The van der Waals surface area contributed by atoms with Gasteiger partial charge in [0.05, 0.1) is 6.20 Å². The molecule has 1 heterocycles. The van der Waals surface area contributed by atoms with Gasteiger partial charge in [-0.15, -0.1) is 12.4 Å². The van der Waals surface area contributed by atoms with Gasteiger partial charge < -0.3 is 10.1 Å². The van der Waals surface area contributed by atoms with Crippen LogP contribution in [0.15, 0.2) is 30.5 Å². The minimum absolute atomic E-state index is 0. The van der Waals surface area contributed by atoms with Crippen LogP contribution in [-0.2, 0) is 0 Å². The molecule has 0 aliphatic carbocycles. The van der Waals surface area contributed by atoms with E-state index in [-0.39, 0.29) is 18.1 Å². The topological polar surface area (TPSA) is 66.0 Å². The van der Waals surface area contributed by atoms with Crippen LogP contribution in [0.5, 0.6) is 0 Å². The number of aromatic nitrogens is 2. The highest BCUT2D eigenvalue weighted by atomic mass is 35.5. The fourth-order valence-electron chi connectivity index (χ4n) is 1.29. The van der Waals surface area contributed by atoms with E-state index in [1.54, 1.807) is 0 Å². The smallest absolute Gasteiger partial charge is 0.353 e. The molecule has 2 N–H and O–H groups in total. The largest absolute Gasteiger partial charge is 0.477 e. The molecule has 0 unspecified atom stereocenters. The Labute approximate surface area is 98.8 Å². The molecule has 16 heavy (non-hydrogen) atoms. The highest BCUT2D eigenvalue weighted by molar-refractivity contribution is 5.86. The van der Waals surface area contributed by atoms with Gasteiger partial charge >= 0.3 is 5.97 Å². The van der Waals surface area contributed by atoms with Gasteiger partial charge in [-0.1, -0.05) is 29.8 Å². The van der Waals surface area contributed by atoms with E-state index in [2.05, 4.69) is 9.97 Å². The van der Waals surface area contributed by atoms with Crippen LogP contribution in [0.2, 0.25) is 0 Å². The lowest BCUT2D eigenvalue weighted by Gasteiger charge is -1.96. The second kappa shape index (κ2) is 4.81. The van der Waals surface area contributed by atoms with Crippen molar-refractivity contribution in [3.8, 4) is 11.4 Å². The molecule has 0 fully saturated rings. The van der Waals surface area contributed by atoms with E-state index in [0.29, 0.717) is 5.82 Å². The highest BCUT2D eigenvalue weighted by Gasteiger charge is 2.07. The van der Waals surface area contributed by atoms with Gasteiger partial charge in [-0.3, -0.25) is 0 Å².